The van der Waals surface area contributed by atoms with Gasteiger partial charge in [-0.1, -0.05) is 25.5 Å². The molecule has 1 heterocycles. The maximum atomic E-state index is 11.5. The van der Waals surface area contributed by atoms with Crippen molar-refractivity contribution >= 4 is 0 Å². The van der Waals surface area contributed by atoms with Gasteiger partial charge in [-0.3, -0.25) is 0 Å². The summed E-state index contributed by atoms with van der Waals surface area (Å²) in [5, 5.41) is 22.7. The molecular formula is C23H34O4. The average Bonchev–Trinajstić information content (AvgIpc) is 2.88. The maximum absolute atomic E-state index is 11.5. The van der Waals surface area contributed by atoms with Crippen molar-refractivity contribution in [3.8, 4) is 0 Å². The van der Waals surface area contributed by atoms with E-state index in [4.69, 9.17) is 9.47 Å². The summed E-state index contributed by atoms with van der Waals surface area (Å²) in [5.74, 6) is 1.18. The van der Waals surface area contributed by atoms with Crippen molar-refractivity contribution in [2.45, 2.75) is 77.3 Å². The summed E-state index contributed by atoms with van der Waals surface area (Å²) in [6.07, 6.45) is 8.21. The van der Waals surface area contributed by atoms with Crippen LogP contribution in [0.1, 0.15) is 59.3 Å². The molecule has 9 atom stereocenters. The topological polar surface area (TPSA) is 58.9 Å². The third-order valence-electron chi connectivity index (χ3n) is 10.6. The first kappa shape index (κ1) is 17.4. The van der Waals surface area contributed by atoms with Crippen molar-refractivity contribution in [1.29, 1.82) is 0 Å². The second kappa shape index (κ2) is 5.00. The van der Waals surface area contributed by atoms with Gasteiger partial charge in [0.25, 0.3) is 0 Å². The van der Waals surface area contributed by atoms with Gasteiger partial charge in [0.1, 0.15) is 0 Å². The molecule has 0 aromatic heterocycles. The third kappa shape index (κ3) is 1.77. The minimum atomic E-state index is -0.603. The highest BCUT2D eigenvalue weighted by Crippen LogP contribution is 2.81. The Morgan fingerprint density at radius 1 is 1.04 bits per heavy atom. The molecule has 0 aromatic rings. The minimum absolute atomic E-state index is 0.150. The number of hydrogen-bond donors (Lipinski definition) is 2. The van der Waals surface area contributed by atoms with E-state index < -0.39 is 5.79 Å². The van der Waals surface area contributed by atoms with E-state index in [9.17, 15) is 10.2 Å². The normalized spacial score (nSPS) is 60.3. The lowest BCUT2D eigenvalue weighted by molar-refractivity contribution is -0.223. The number of ether oxygens (including phenoxy) is 2. The number of rotatable bonds is 1. The van der Waals surface area contributed by atoms with E-state index >= 15 is 0 Å². The lowest BCUT2D eigenvalue weighted by Crippen LogP contribution is -2.60. The molecule has 5 fully saturated rings. The van der Waals surface area contributed by atoms with Crippen LogP contribution in [0.5, 0.6) is 0 Å². The Labute approximate surface area is 162 Å². The maximum Gasteiger partial charge on any atom is 0.169 e. The first-order chi connectivity index (χ1) is 12.8. The highest BCUT2D eigenvalue weighted by Gasteiger charge is 2.77. The van der Waals surface area contributed by atoms with Crippen LogP contribution in [0.4, 0.5) is 0 Å². The summed E-state index contributed by atoms with van der Waals surface area (Å²) in [5.41, 5.74) is 1.44. The Morgan fingerprint density at radius 3 is 2.48 bits per heavy atom. The zero-order chi connectivity index (χ0) is 18.8. The molecule has 1 aliphatic heterocycles. The van der Waals surface area contributed by atoms with E-state index in [1.165, 1.54) is 24.8 Å². The quantitative estimate of drug-likeness (QED) is 0.692. The molecule has 0 bridgehead atoms. The largest absolute Gasteiger partial charge is 0.392 e. The van der Waals surface area contributed by atoms with Crippen LogP contribution in [0.15, 0.2) is 11.6 Å². The summed E-state index contributed by atoms with van der Waals surface area (Å²) < 4.78 is 12.1. The SMILES string of the molecule is CC1([C@H]2CC=C3[C@@H]4CC(O)C56CC5CC[C@]6(C)[C@H]4CC(O)[C@@]32C)OCCO1. The van der Waals surface area contributed by atoms with Crippen LogP contribution in [-0.4, -0.2) is 41.4 Å². The van der Waals surface area contributed by atoms with Gasteiger partial charge in [0.05, 0.1) is 25.4 Å². The van der Waals surface area contributed by atoms with E-state index in [1.54, 1.807) is 0 Å². The molecular weight excluding hydrogens is 340 g/mol. The Bertz CT molecular complexity index is 711. The molecule has 6 rings (SSSR count). The Hall–Kier alpha value is -0.420. The van der Waals surface area contributed by atoms with Crippen molar-refractivity contribution in [3.05, 3.63) is 11.6 Å². The molecule has 4 heteroatoms. The van der Waals surface area contributed by atoms with Gasteiger partial charge in [0.15, 0.2) is 5.79 Å². The van der Waals surface area contributed by atoms with Crippen molar-refractivity contribution in [3.63, 3.8) is 0 Å². The van der Waals surface area contributed by atoms with Gasteiger partial charge in [-0.25, -0.2) is 0 Å². The van der Waals surface area contributed by atoms with Crippen LogP contribution in [-0.2, 0) is 9.47 Å². The molecule has 6 aliphatic rings. The highest BCUT2D eigenvalue weighted by molar-refractivity contribution is 5.36. The Morgan fingerprint density at radius 2 is 1.78 bits per heavy atom. The second-order valence-electron chi connectivity index (χ2n) is 11.1. The van der Waals surface area contributed by atoms with Gasteiger partial charge < -0.3 is 19.7 Å². The van der Waals surface area contributed by atoms with Crippen LogP contribution in [0.25, 0.3) is 0 Å². The molecule has 2 N–H and O–H groups in total. The zero-order valence-corrected chi connectivity index (χ0v) is 16.9. The number of allylic oxidation sites excluding steroid dienone is 1. The summed E-state index contributed by atoms with van der Waals surface area (Å²) >= 11 is 0. The predicted octanol–water partition coefficient (Wildman–Crippen LogP) is 3.27. The van der Waals surface area contributed by atoms with Crippen LogP contribution in [0, 0.1) is 39.9 Å². The lowest BCUT2D eigenvalue weighted by Gasteiger charge is -2.60. The van der Waals surface area contributed by atoms with Gasteiger partial charge in [0.2, 0.25) is 0 Å². The number of aliphatic hydroxyl groups is 2. The first-order valence-corrected chi connectivity index (χ1v) is 11.1. The van der Waals surface area contributed by atoms with E-state index in [-0.39, 0.29) is 34.4 Å². The Kier molecular flexibility index (Phi) is 3.23. The number of fused-ring (bicyclic) bond motifs is 4. The summed E-state index contributed by atoms with van der Waals surface area (Å²) in [4.78, 5) is 0. The molecule has 0 radical (unpaired) electrons. The summed E-state index contributed by atoms with van der Waals surface area (Å²) in [6, 6.07) is 0. The van der Waals surface area contributed by atoms with E-state index in [1.807, 2.05) is 0 Å². The molecule has 0 aromatic carbocycles. The number of aliphatic hydroxyl groups excluding tert-OH is 2. The minimum Gasteiger partial charge on any atom is -0.392 e. The zero-order valence-electron chi connectivity index (χ0n) is 16.9. The highest BCUT2D eigenvalue weighted by atomic mass is 16.7. The van der Waals surface area contributed by atoms with Crippen LogP contribution < -0.4 is 0 Å². The van der Waals surface area contributed by atoms with E-state index in [0.717, 1.165) is 25.2 Å². The molecule has 150 valence electrons. The van der Waals surface area contributed by atoms with Gasteiger partial charge in [0, 0.05) is 16.7 Å². The molecule has 0 amide bonds. The molecule has 27 heavy (non-hydrogen) atoms. The van der Waals surface area contributed by atoms with Crippen LogP contribution in [0.3, 0.4) is 0 Å². The fourth-order valence-corrected chi connectivity index (χ4v) is 9.12. The molecule has 5 aliphatic carbocycles. The molecule has 4 unspecified atom stereocenters. The lowest BCUT2D eigenvalue weighted by atomic mass is 9.46. The average molecular weight is 375 g/mol. The van der Waals surface area contributed by atoms with E-state index in [0.29, 0.717) is 25.0 Å². The number of hydrogen-bond acceptors (Lipinski definition) is 4. The molecule has 4 saturated carbocycles. The fraction of sp³-hybridized carbons (Fsp3) is 0.913. The smallest absolute Gasteiger partial charge is 0.169 e. The van der Waals surface area contributed by atoms with Gasteiger partial charge in [-0.2, -0.15) is 0 Å². The monoisotopic (exact) mass is 374 g/mol. The third-order valence-corrected chi connectivity index (χ3v) is 10.6. The van der Waals surface area contributed by atoms with Crippen LogP contribution in [0.2, 0.25) is 0 Å². The molecule has 1 spiro atoms. The first-order valence-electron chi connectivity index (χ1n) is 11.1. The van der Waals surface area contributed by atoms with E-state index in [2.05, 4.69) is 26.8 Å². The fourth-order valence-electron chi connectivity index (χ4n) is 9.12. The van der Waals surface area contributed by atoms with Gasteiger partial charge >= 0.3 is 0 Å². The summed E-state index contributed by atoms with van der Waals surface area (Å²) in [6.45, 7) is 8.01. The second-order valence-corrected chi connectivity index (χ2v) is 11.1. The van der Waals surface area contributed by atoms with Gasteiger partial charge in [-0.15, -0.1) is 0 Å². The Balaban J connectivity index is 1.40. The van der Waals surface area contributed by atoms with Crippen molar-refractivity contribution in [2.75, 3.05) is 13.2 Å². The van der Waals surface area contributed by atoms with Crippen molar-refractivity contribution in [1.82, 2.24) is 0 Å². The standard InChI is InChI=1S/C23H34O4/c1-20-7-6-13-12-23(13,20)19(25)10-14-15-4-5-17(22(3)26-8-9-27-22)21(15,2)18(24)11-16(14)20/h4,13-14,16-19,24-25H,5-12H2,1-3H3/t13?,14-,16-,17-,18?,19?,20+,21-,23?/m0/s1. The van der Waals surface area contributed by atoms with Crippen LogP contribution >= 0.6 is 0 Å². The van der Waals surface area contributed by atoms with Gasteiger partial charge in [-0.05, 0) is 68.6 Å². The van der Waals surface area contributed by atoms with Crippen molar-refractivity contribution in [2.24, 2.45) is 39.9 Å². The molecule has 1 saturated heterocycles. The molecule has 4 nitrogen and oxygen atoms in total. The van der Waals surface area contributed by atoms with Crippen molar-refractivity contribution < 1.29 is 19.7 Å². The predicted molar refractivity (Wildman–Crippen MR) is 101 cm³/mol. The summed E-state index contributed by atoms with van der Waals surface area (Å²) in [7, 11) is 0.